The summed E-state index contributed by atoms with van der Waals surface area (Å²) in [5.41, 5.74) is 1.78. The Hall–Kier alpha value is -2.95. The highest BCUT2D eigenvalue weighted by molar-refractivity contribution is 5.91. The second kappa shape index (κ2) is 6.34. The van der Waals surface area contributed by atoms with E-state index in [9.17, 15) is 4.79 Å². The summed E-state index contributed by atoms with van der Waals surface area (Å²) in [6, 6.07) is 20.0. The number of benzene rings is 2. The van der Waals surface area contributed by atoms with Gasteiger partial charge in [0.2, 0.25) is 17.6 Å². The van der Waals surface area contributed by atoms with Crippen molar-refractivity contribution in [2.24, 2.45) is 0 Å². The first-order valence-corrected chi connectivity index (χ1v) is 9.50. The van der Waals surface area contributed by atoms with Gasteiger partial charge in [-0.25, -0.2) is 0 Å². The largest absolute Gasteiger partial charge is 0.341 e. The Balaban J connectivity index is 1.31. The van der Waals surface area contributed by atoms with Gasteiger partial charge in [-0.1, -0.05) is 65.8 Å². The van der Waals surface area contributed by atoms with Crippen LogP contribution in [-0.2, 0) is 10.2 Å². The average Bonchev–Trinajstić information content (AvgIpc) is 3.15. The van der Waals surface area contributed by atoms with E-state index in [1.807, 2.05) is 53.4 Å². The molecule has 5 rings (SSSR count). The molecule has 0 spiro atoms. The molecule has 1 saturated carbocycles. The van der Waals surface area contributed by atoms with Gasteiger partial charge >= 0.3 is 0 Å². The molecule has 5 heteroatoms. The van der Waals surface area contributed by atoms with Crippen LogP contribution in [0, 0.1) is 0 Å². The number of carbonyl (C=O) groups is 1. The first-order valence-electron chi connectivity index (χ1n) is 9.50. The SMILES string of the molecule is O=C(N1CC[C@@H](c2nc(-c3ccccc3)no2)C1)C1(c2ccccc2)CC1. The van der Waals surface area contributed by atoms with E-state index in [-0.39, 0.29) is 17.2 Å². The maximum Gasteiger partial charge on any atom is 0.233 e. The Morgan fingerprint density at radius 1 is 1.04 bits per heavy atom. The van der Waals surface area contributed by atoms with E-state index in [0.29, 0.717) is 18.3 Å². The summed E-state index contributed by atoms with van der Waals surface area (Å²) in [5, 5.41) is 4.12. The summed E-state index contributed by atoms with van der Waals surface area (Å²) in [4.78, 5) is 19.8. The fourth-order valence-corrected chi connectivity index (χ4v) is 4.06. The standard InChI is InChI=1S/C22H21N3O2/c26-21(22(12-13-22)18-9-5-2-6-10-18)25-14-11-17(15-25)20-23-19(24-27-20)16-7-3-1-4-8-16/h1-10,17H,11-15H2/t17-/m1/s1. The third kappa shape index (κ3) is 2.83. The second-order valence-corrected chi connectivity index (χ2v) is 7.51. The van der Waals surface area contributed by atoms with Crippen molar-refractivity contribution >= 4 is 5.91 Å². The predicted molar refractivity (Wildman–Crippen MR) is 101 cm³/mol. The maximum absolute atomic E-state index is 13.2. The minimum atomic E-state index is -0.305. The zero-order chi connectivity index (χ0) is 18.3. The molecule has 3 aromatic rings. The quantitative estimate of drug-likeness (QED) is 0.711. The van der Waals surface area contributed by atoms with Crippen molar-refractivity contribution in [1.29, 1.82) is 0 Å². The Morgan fingerprint density at radius 3 is 2.44 bits per heavy atom. The van der Waals surface area contributed by atoms with Crippen LogP contribution in [0.25, 0.3) is 11.4 Å². The van der Waals surface area contributed by atoms with Crippen LogP contribution in [0.1, 0.15) is 36.6 Å². The van der Waals surface area contributed by atoms with E-state index in [1.54, 1.807) is 0 Å². The number of hydrogen-bond acceptors (Lipinski definition) is 4. The molecule has 0 radical (unpaired) electrons. The molecule has 1 atom stereocenters. The fourth-order valence-electron chi connectivity index (χ4n) is 4.06. The summed E-state index contributed by atoms with van der Waals surface area (Å²) < 4.78 is 5.52. The van der Waals surface area contributed by atoms with E-state index in [1.165, 1.54) is 0 Å². The second-order valence-electron chi connectivity index (χ2n) is 7.51. The number of hydrogen-bond donors (Lipinski definition) is 0. The molecule has 1 aromatic heterocycles. The highest BCUT2D eigenvalue weighted by atomic mass is 16.5. The van der Waals surface area contributed by atoms with Crippen LogP contribution in [-0.4, -0.2) is 34.0 Å². The Bertz CT molecular complexity index is 948. The molecule has 2 heterocycles. The van der Waals surface area contributed by atoms with Gasteiger partial charge in [0.1, 0.15) is 0 Å². The van der Waals surface area contributed by atoms with Gasteiger partial charge in [0.15, 0.2) is 0 Å². The Morgan fingerprint density at radius 2 is 1.74 bits per heavy atom. The van der Waals surface area contributed by atoms with Gasteiger partial charge in [-0.15, -0.1) is 0 Å². The third-order valence-electron chi connectivity index (χ3n) is 5.78. The molecule has 0 bridgehead atoms. The molecule has 2 aliphatic rings. The van der Waals surface area contributed by atoms with Crippen LogP contribution in [0.2, 0.25) is 0 Å². The van der Waals surface area contributed by atoms with Crippen molar-refractivity contribution in [3.05, 3.63) is 72.1 Å². The lowest BCUT2D eigenvalue weighted by molar-refractivity contribution is -0.132. The van der Waals surface area contributed by atoms with Crippen molar-refractivity contribution in [3.8, 4) is 11.4 Å². The minimum Gasteiger partial charge on any atom is -0.341 e. The molecule has 2 fully saturated rings. The number of amides is 1. The molecule has 0 N–H and O–H groups in total. The maximum atomic E-state index is 13.2. The monoisotopic (exact) mass is 359 g/mol. The number of likely N-dealkylation sites (tertiary alicyclic amines) is 1. The topological polar surface area (TPSA) is 59.2 Å². The van der Waals surface area contributed by atoms with Gasteiger partial charge in [0, 0.05) is 18.7 Å². The number of nitrogens with zero attached hydrogens (tertiary/aromatic N) is 3. The van der Waals surface area contributed by atoms with Gasteiger partial charge < -0.3 is 9.42 Å². The van der Waals surface area contributed by atoms with E-state index < -0.39 is 0 Å². The van der Waals surface area contributed by atoms with Crippen molar-refractivity contribution in [3.63, 3.8) is 0 Å². The van der Waals surface area contributed by atoms with Crippen molar-refractivity contribution < 1.29 is 9.32 Å². The summed E-state index contributed by atoms with van der Waals surface area (Å²) in [7, 11) is 0. The summed E-state index contributed by atoms with van der Waals surface area (Å²) in [6.45, 7) is 1.41. The lowest BCUT2D eigenvalue weighted by Crippen LogP contribution is -2.37. The first kappa shape index (κ1) is 16.2. The number of rotatable bonds is 4. The molecular weight excluding hydrogens is 338 g/mol. The van der Waals surface area contributed by atoms with Crippen molar-refractivity contribution in [2.45, 2.75) is 30.6 Å². The highest BCUT2D eigenvalue weighted by Crippen LogP contribution is 2.50. The summed E-state index contributed by atoms with van der Waals surface area (Å²) in [6.07, 6.45) is 2.75. The van der Waals surface area contributed by atoms with Gasteiger partial charge in [-0.2, -0.15) is 4.98 Å². The van der Waals surface area contributed by atoms with E-state index in [0.717, 1.165) is 36.9 Å². The van der Waals surface area contributed by atoms with Crippen molar-refractivity contribution in [2.75, 3.05) is 13.1 Å². The zero-order valence-electron chi connectivity index (χ0n) is 15.0. The van der Waals surface area contributed by atoms with Gasteiger partial charge in [-0.3, -0.25) is 4.79 Å². The number of aromatic nitrogens is 2. The molecule has 27 heavy (non-hydrogen) atoms. The van der Waals surface area contributed by atoms with E-state index in [2.05, 4.69) is 22.3 Å². The van der Waals surface area contributed by atoms with Gasteiger partial charge in [0.05, 0.1) is 11.3 Å². The lowest BCUT2D eigenvalue weighted by Gasteiger charge is -2.23. The fraction of sp³-hybridized carbons (Fsp3) is 0.318. The zero-order valence-corrected chi connectivity index (χ0v) is 15.0. The molecule has 2 aromatic carbocycles. The summed E-state index contributed by atoms with van der Waals surface area (Å²) >= 11 is 0. The summed E-state index contributed by atoms with van der Waals surface area (Å²) in [5.74, 6) is 1.61. The van der Waals surface area contributed by atoms with Crippen LogP contribution < -0.4 is 0 Å². The minimum absolute atomic E-state index is 0.116. The van der Waals surface area contributed by atoms with E-state index >= 15 is 0 Å². The smallest absolute Gasteiger partial charge is 0.233 e. The highest BCUT2D eigenvalue weighted by Gasteiger charge is 2.53. The molecule has 1 aliphatic carbocycles. The Labute approximate surface area is 158 Å². The molecule has 0 unspecified atom stereocenters. The van der Waals surface area contributed by atoms with Crippen LogP contribution in [0.15, 0.2) is 65.2 Å². The molecule has 1 amide bonds. The first-order chi connectivity index (χ1) is 13.3. The average molecular weight is 359 g/mol. The lowest BCUT2D eigenvalue weighted by atomic mass is 9.94. The van der Waals surface area contributed by atoms with Crippen LogP contribution in [0.4, 0.5) is 0 Å². The van der Waals surface area contributed by atoms with Crippen molar-refractivity contribution in [1.82, 2.24) is 15.0 Å². The van der Waals surface area contributed by atoms with Crippen LogP contribution in [0.3, 0.4) is 0 Å². The molecule has 1 aliphatic heterocycles. The van der Waals surface area contributed by atoms with Gasteiger partial charge in [-0.05, 0) is 24.8 Å². The van der Waals surface area contributed by atoms with Crippen LogP contribution >= 0.6 is 0 Å². The van der Waals surface area contributed by atoms with Gasteiger partial charge in [0.25, 0.3) is 0 Å². The molecular formula is C22H21N3O2. The molecule has 136 valence electrons. The normalized spacial score (nSPS) is 20.6. The molecule has 5 nitrogen and oxygen atoms in total. The van der Waals surface area contributed by atoms with E-state index in [4.69, 9.17) is 4.52 Å². The third-order valence-corrected chi connectivity index (χ3v) is 5.78. The number of carbonyl (C=O) groups excluding carboxylic acids is 1. The van der Waals surface area contributed by atoms with Crippen LogP contribution in [0.5, 0.6) is 0 Å². The predicted octanol–water partition coefficient (Wildman–Crippen LogP) is 3.78. The Kier molecular flexibility index (Phi) is 3.81. The molecule has 1 saturated heterocycles.